The Labute approximate surface area is 110 Å². The molecule has 0 bridgehead atoms. The Morgan fingerprint density at radius 1 is 1.16 bits per heavy atom. The predicted octanol–water partition coefficient (Wildman–Crippen LogP) is 1.82. The molecule has 0 aliphatic carbocycles. The summed E-state index contributed by atoms with van der Waals surface area (Å²) in [5, 5.41) is 20.0. The molecule has 0 aromatic heterocycles. The number of aliphatic carboxylic acids is 1. The van der Waals surface area contributed by atoms with Crippen LogP contribution in [0.3, 0.4) is 0 Å². The van der Waals surface area contributed by atoms with Crippen LogP contribution in [0.5, 0.6) is 0 Å². The van der Waals surface area contributed by atoms with Gasteiger partial charge in [0.05, 0.1) is 11.5 Å². The van der Waals surface area contributed by atoms with Gasteiger partial charge in [0, 0.05) is 12.1 Å². The van der Waals surface area contributed by atoms with Crippen LogP contribution in [0.2, 0.25) is 0 Å². The number of aromatic carboxylic acids is 1. The van der Waals surface area contributed by atoms with Crippen LogP contribution in [0.1, 0.15) is 30.1 Å². The van der Waals surface area contributed by atoms with Crippen molar-refractivity contribution in [2.45, 2.75) is 19.8 Å². The van der Waals surface area contributed by atoms with Gasteiger partial charge in [-0.05, 0) is 30.7 Å². The zero-order valence-corrected chi connectivity index (χ0v) is 10.4. The van der Waals surface area contributed by atoms with Crippen LogP contribution in [0.15, 0.2) is 24.3 Å². The molecule has 0 aliphatic heterocycles. The highest BCUT2D eigenvalue weighted by Crippen LogP contribution is 2.11. The lowest BCUT2D eigenvalue weighted by atomic mass is 10.1. The topological polar surface area (TPSA) is 104 Å². The molecule has 1 unspecified atom stereocenters. The van der Waals surface area contributed by atoms with E-state index in [4.69, 9.17) is 10.2 Å². The van der Waals surface area contributed by atoms with E-state index in [1.54, 1.807) is 0 Å². The highest BCUT2D eigenvalue weighted by molar-refractivity contribution is 5.92. The van der Waals surface area contributed by atoms with Crippen molar-refractivity contribution in [3.8, 4) is 0 Å². The Kier molecular flexibility index (Phi) is 5.05. The number of rotatable bonds is 6. The van der Waals surface area contributed by atoms with Crippen molar-refractivity contribution < 1.29 is 24.6 Å². The van der Waals surface area contributed by atoms with Crippen LogP contribution in [0.25, 0.3) is 0 Å². The van der Waals surface area contributed by atoms with Crippen LogP contribution >= 0.6 is 0 Å². The first-order valence-corrected chi connectivity index (χ1v) is 5.76. The van der Waals surface area contributed by atoms with Crippen LogP contribution in [0.4, 0.5) is 5.69 Å². The van der Waals surface area contributed by atoms with Gasteiger partial charge in [0.1, 0.15) is 0 Å². The average Bonchev–Trinajstić information content (AvgIpc) is 2.36. The normalized spacial score (nSPS) is 11.6. The number of benzene rings is 1. The van der Waals surface area contributed by atoms with Gasteiger partial charge in [0.15, 0.2) is 0 Å². The summed E-state index contributed by atoms with van der Waals surface area (Å²) in [6.07, 6.45) is 0.364. The van der Waals surface area contributed by atoms with Crippen molar-refractivity contribution in [2.75, 3.05) is 5.32 Å². The molecular weight excluding hydrogens is 250 g/mol. The number of hydrogen-bond acceptors (Lipinski definition) is 3. The maximum Gasteiger partial charge on any atom is 0.335 e. The second-order valence-corrected chi connectivity index (χ2v) is 4.21. The standard InChI is InChI=1S/C13H15NO5/c1-8(12(16)17)2-7-11(15)14-10-5-3-9(4-6-10)13(18)19/h3-6,8H,2,7H2,1H3,(H,14,15)(H,16,17)(H,18,19). The van der Waals surface area contributed by atoms with Crippen LogP contribution in [0, 0.1) is 5.92 Å². The number of amides is 1. The molecule has 1 atom stereocenters. The van der Waals surface area contributed by atoms with E-state index in [9.17, 15) is 14.4 Å². The second-order valence-electron chi connectivity index (χ2n) is 4.21. The van der Waals surface area contributed by atoms with E-state index in [-0.39, 0.29) is 24.3 Å². The molecule has 1 amide bonds. The molecular formula is C13H15NO5. The Morgan fingerprint density at radius 3 is 2.21 bits per heavy atom. The summed E-state index contributed by atoms with van der Waals surface area (Å²) in [7, 11) is 0. The first-order chi connectivity index (χ1) is 8.90. The van der Waals surface area contributed by atoms with Crippen LogP contribution in [-0.2, 0) is 9.59 Å². The Bertz CT molecular complexity index is 480. The number of nitrogens with one attached hydrogen (secondary N) is 1. The lowest BCUT2D eigenvalue weighted by Crippen LogP contribution is -2.16. The number of carboxylic acid groups (broad SMARTS) is 2. The monoisotopic (exact) mass is 265 g/mol. The minimum atomic E-state index is -1.03. The van der Waals surface area contributed by atoms with Gasteiger partial charge < -0.3 is 15.5 Å². The summed E-state index contributed by atoms with van der Waals surface area (Å²) in [6, 6.07) is 5.75. The molecule has 6 heteroatoms. The minimum absolute atomic E-state index is 0.105. The number of carboxylic acids is 2. The third-order valence-electron chi connectivity index (χ3n) is 2.64. The molecule has 0 heterocycles. The van der Waals surface area contributed by atoms with Crippen molar-refractivity contribution in [3.05, 3.63) is 29.8 Å². The SMILES string of the molecule is CC(CCC(=O)Nc1ccc(C(=O)O)cc1)C(=O)O. The lowest BCUT2D eigenvalue weighted by Gasteiger charge is -2.07. The molecule has 0 aliphatic rings. The molecule has 0 radical (unpaired) electrons. The largest absolute Gasteiger partial charge is 0.481 e. The van der Waals surface area contributed by atoms with Gasteiger partial charge in [-0.1, -0.05) is 6.92 Å². The fraction of sp³-hybridized carbons (Fsp3) is 0.308. The van der Waals surface area contributed by atoms with E-state index in [0.29, 0.717) is 5.69 Å². The molecule has 102 valence electrons. The second kappa shape index (κ2) is 6.53. The predicted molar refractivity (Wildman–Crippen MR) is 68.1 cm³/mol. The highest BCUT2D eigenvalue weighted by Gasteiger charge is 2.13. The summed E-state index contributed by atoms with van der Waals surface area (Å²) >= 11 is 0. The summed E-state index contributed by atoms with van der Waals surface area (Å²) in [6.45, 7) is 1.54. The van der Waals surface area contributed by atoms with Gasteiger partial charge in [-0.25, -0.2) is 4.79 Å². The molecule has 3 N–H and O–H groups in total. The first kappa shape index (κ1) is 14.7. The van der Waals surface area contributed by atoms with Gasteiger partial charge in [-0.15, -0.1) is 0 Å². The van der Waals surface area contributed by atoms with Crippen molar-refractivity contribution >= 4 is 23.5 Å². The molecule has 19 heavy (non-hydrogen) atoms. The van der Waals surface area contributed by atoms with Gasteiger partial charge in [0.25, 0.3) is 0 Å². The van der Waals surface area contributed by atoms with Gasteiger partial charge in [-0.2, -0.15) is 0 Å². The van der Waals surface area contributed by atoms with E-state index >= 15 is 0 Å². The fourth-order valence-electron chi connectivity index (χ4n) is 1.39. The van der Waals surface area contributed by atoms with Gasteiger partial charge in [0.2, 0.25) is 5.91 Å². The third-order valence-corrected chi connectivity index (χ3v) is 2.64. The number of anilines is 1. The van der Waals surface area contributed by atoms with Crippen LogP contribution in [-0.4, -0.2) is 28.1 Å². The maximum atomic E-state index is 11.5. The molecule has 1 rings (SSSR count). The van der Waals surface area contributed by atoms with E-state index in [2.05, 4.69) is 5.32 Å². The fourth-order valence-corrected chi connectivity index (χ4v) is 1.39. The van der Waals surface area contributed by atoms with Gasteiger partial charge in [-0.3, -0.25) is 9.59 Å². The first-order valence-electron chi connectivity index (χ1n) is 5.76. The van der Waals surface area contributed by atoms with Crippen molar-refractivity contribution in [3.63, 3.8) is 0 Å². The summed E-state index contributed by atoms with van der Waals surface area (Å²) in [5.41, 5.74) is 0.621. The number of hydrogen-bond donors (Lipinski definition) is 3. The maximum absolute atomic E-state index is 11.5. The van der Waals surface area contributed by atoms with Crippen molar-refractivity contribution in [2.24, 2.45) is 5.92 Å². The molecule has 0 saturated carbocycles. The number of carbonyl (C=O) groups excluding carboxylic acids is 1. The zero-order valence-electron chi connectivity index (χ0n) is 10.4. The van der Waals surface area contributed by atoms with E-state index < -0.39 is 17.9 Å². The van der Waals surface area contributed by atoms with Crippen molar-refractivity contribution in [1.29, 1.82) is 0 Å². The summed E-state index contributed by atoms with van der Waals surface area (Å²) < 4.78 is 0. The molecule has 6 nitrogen and oxygen atoms in total. The quantitative estimate of drug-likeness (QED) is 0.727. The Hall–Kier alpha value is -2.37. The van der Waals surface area contributed by atoms with E-state index in [0.717, 1.165) is 0 Å². The minimum Gasteiger partial charge on any atom is -0.481 e. The molecule has 0 spiro atoms. The van der Waals surface area contributed by atoms with E-state index in [1.807, 2.05) is 0 Å². The molecule has 0 saturated heterocycles. The van der Waals surface area contributed by atoms with Crippen molar-refractivity contribution in [1.82, 2.24) is 0 Å². The Balaban J connectivity index is 2.48. The zero-order chi connectivity index (χ0) is 14.4. The molecule has 1 aromatic carbocycles. The lowest BCUT2D eigenvalue weighted by molar-refractivity contribution is -0.141. The third kappa shape index (κ3) is 4.79. The van der Waals surface area contributed by atoms with E-state index in [1.165, 1.54) is 31.2 Å². The molecule has 1 aromatic rings. The number of carbonyl (C=O) groups is 3. The molecule has 0 fully saturated rings. The van der Waals surface area contributed by atoms with Crippen LogP contribution < -0.4 is 5.32 Å². The smallest absolute Gasteiger partial charge is 0.335 e. The highest BCUT2D eigenvalue weighted by atomic mass is 16.4. The summed E-state index contributed by atoms with van der Waals surface area (Å²) in [5.74, 6) is -2.83. The van der Waals surface area contributed by atoms with Gasteiger partial charge >= 0.3 is 11.9 Å². The summed E-state index contributed by atoms with van der Waals surface area (Å²) in [4.78, 5) is 32.8. The average molecular weight is 265 g/mol. The Morgan fingerprint density at radius 2 is 1.74 bits per heavy atom.